The van der Waals surface area contributed by atoms with E-state index in [0.29, 0.717) is 29.7 Å². The van der Waals surface area contributed by atoms with E-state index in [9.17, 15) is 9.59 Å². The molecule has 0 spiro atoms. The van der Waals surface area contributed by atoms with Crippen LogP contribution in [-0.2, 0) is 9.53 Å². The first-order chi connectivity index (χ1) is 13.4. The van der Waals surface area contributed by atoms with E-state index in [1.807, 2.05) is 6.92 Å². The third kappa shape index (κ3) is 4.37. The van der Waals surface area contributed by atoms with E-state index < -0.39 is 0 Å². The van der Waals surface area contributed by atoms with Gasteiger partial charge in [0, 0.05) is 23.2 Å². The Morgan fingerprint density at radius 1 is 1.29 bits per heavy atom. The van der Waals surface area contributed by atoms with Crippen molar-refractivity contribution >= 4 is 23.8 Å². The number of carbonyl (C=O) groups is 2. The lowest BCUT2D eigenvalue weighted by Gasteiger charge is -2.27. The fourth-order valence-electron chi connectivity index (χ4n) is 4.00. The second kappa shape index (κ2) is 9.03. The third-order valence-electron chi connectivity index (χ3n) is 5.51. The molecule has 2 heterocycles. The number of urea groups is 1. The van der Waals surface area contributed by atoms with E-state index in [1.54, 1.807) is 25.6 Å². The van der Waals surface area contributed by atoms with E-state index in [2.05, 4.69) is 22.1 Å². The number of thioether (sulfide) groups is 1. The van der Waals surface area contributed by atoms with Crippen LogP contribution in [0, 0.1) is 13.8 Å². The standard InChI is InChI=1S/C20H30N4O3S/c1-5-27-18(25)17-13(3)21-19(26)23-16(17)11-28-20-22-12(2)14(4)24(20)15-9-7-6-8-10-15/h13,15H,5-11H2,1-4H3,(H2,21,23,26). The molecule has 0 radical (unpaired) electrons. The van der Waals surface area contributed by atoms with Crippen LogP contribution in [0.15, 0.2) is 16.4 Å². The van der Waals surface area contributed by atoms with Gasteiger partial charge in [0.25, 0.3) is 0 Å². The molecule has 0 saturated heterocycles. The molecule has 0 aromatic carbocycles. The summed E-state index contributed by atoms with van der Waals surface area (Å²) < 4.78 is 7.55. The van der Waals surface area contributed by atoms with Crippen LogP contribution in [0.1, 0.15) is 63.4 Å². The lowest BCUT2D eigenvalue weighted by Crippen LogP contribution is -2.49. The van der Waals surface area contributed by atoms with Gasteiger partial charge in [-0.3, -0.25) is 0 Å². The topological polar surface area (TPSA) is 85.2 Å². The molecule has 1 atom stereocenters. The first-order valence-electron chi connectivity index (χ1n) is 10.1. The number of ether oxygens (including phenoxy) is 1. The molecule has 7 nitrogen and oxygen atoms in total. The number of carbonyl (C=O) groups excluding carboxylic acids is 2. The van der Waals surface area contributed by atoms with Gasteiger partial charge >= 0.3 is 12.0 Å². The summed E-state index contributed by atoms with van der Waals surface area (Å²) in [6, 6.07) is -0.193. The van der Waals surface area contributed by atoms with Crippen LogP contribution in [-0.4, -0.2) is 40.0 Å². The van der Waals surface area contributed by atoms with Crippen LogP contribution in [0.5, 0.6) is 0 Å². The van der Waals surface area contributed by atoms with Crippen molar-refractivity contribution in [2.45, 2.75) is 77.0 Å². The molecule has 1 aromatic rings. The van der Waals surface area contributed by atoms with Crippen molar-refractivity contribution in [1.29, 1.82) is 0 Å². The Labute approximate surface area is 170 Å². The van der Waals surface area contributed by atoms with Gasteiger partial charge in [0.15, 0.2) is 5.16 Å². The molecule has 154 valence electrons. The van der Waals surface area contributed by atoms with Gasteiger partial charge in [-0.1, -0.05) is 31.0 Å². The summed E-state index contributed by atoms with van der Waals surface area (Å²) in [5.41, 5.74) is 3.33. The minimum atomic E-state index is -0.388. The molecule has 1 aromatic heterocycles. The van der Waals surface area contributed by atoms with Crippen molar-refractivity contribution in [2.24, 2.45) is 0 Å². The van der Waals surface area contributed by atoms with Crippen LogP contribution in [0.2, 0.25) is 0 Å². The van der Waals surface area contributed by atoms with Gasteiger partial charge < -0.3 is 19.9 Å². The summed E-state index contributed by atoms with van der Waals surface area (Å²) in [6.07, 6.45) is 6.17. The molecule has 0 bridgehead atoms. The summed E-state index contributed by atoms with van der Waals surface area (Å²) in [7, 11) is 0. The molecule has 1 aliphatic heterocycles. The highest BCUT2D eigenvalue weighted by Gasteiger charge is 2.30. The quantitative estimate of drug-likeness (QED) is 0.557. The van der Waals surface area contributed by atoms with Gasteiger partial charge in [-0.15, -0.1) is 0 Å². The Kier molecular flexibility index (Phi) is 6.69. The monoisotopic (exact) mass is 406 g/mol. The van der Waals surface area contributed by atoms with E-state index in [1.165, 1.54) is 37.8 Å². The maximum Gasteiger partial charge on any atom is 0.337 e. The van der Waals surface area contributed by atoms with Crippen molar-refractivity contribution < 1.29 is 14.3 Å². The van der Waals surface area contributed by atoms with Crippen LogP contribution >= 0.6 is 11.8 Å². The molecular formula is C20H30N4O3S. The van der Waals surface area contributed by atoms with E-state index >= 15 is 0 Å². The summed E-state index contributed by atoms with van der Waals surface area (Å²) in [5, 5.41) is 6.49. The van der Waals surface area contributed by atoms with Gasteiger partial charge in [0.05, 0.1) is 23.9 Å². The van der Waals surface area contributed by atoms with Gasteiger partial charge in [-0.05, 0) is 40.5 Å². The van der Waals surface area contributed by atoms with Crippen LogP contribution in [0.4, 0.5) is 4.79 Å². The number of hydrogen-bond acceptors (Lipinski definition) is 5. The lowest BCUT2D eigenvalue weighted by molar-refractivity contribution is -0.138. The Bertz CT molecular complexity index is 781. The zero-order valence-corrected chi connectivity index (χ0v) is 17.9. The summed E-state index contributed by atoms with van der Waals surface area (Å²) in [5.74, 6) is 0.0789. The Balaban J connectivity index is 1.85. The zero-order valence-electron chi connectivity index (χ0n) is 17.1. The molecule has 3 rings (SSSR count). The van der Waals surface area contributed by atoms with Crippen LogP contribution in [0.3, 0.4) is 0 Å². The smallest absolute Gasteiger partial charge is 0.337 e. The number of rotatable bonds is 6. The van der Waals surface area contributed by atoms with Gasteiger partial charge in [0.1, 0.15) is 0 Å². The van der Waals surface area contributed by atoms with Crippen molar-refractivity contribution in [3.8, 4) is 0 Å². The number of nitrogens with one attached hydrogen (secondary N) is 2. The van der Waals surface area contributed by atoms with Crippen molar-refractivity contribution in [1.82, 2.24) is 20.2 Å². The highest BCUT2D eigenvalue weighted by molar-refractivity contribution is 7.99. The fourth-order valence-corrected chi connectivity index (χ4v) is 5.12. The van der Waals surface area contributed by atoms with Gasteiger partial charge in [-0.2, -0.15) is 0 Å². The van der Waals surface area contributed by atoms with Crippen LogP contribution < -0.4 is 10.6 Å². The number of aromatic nitrogens is 2. The van der Waals surface area contributed by atoms with Gasteiger partial charge in [-0.25, -0.2) is 14.6 Å². The highest BCUT2D eigenvalue weighted by Crippen LogP contribution is 2.35. The molecule has 2 N–H and O–H groups in total. The Hall–Kier alpha value is -1.96. The minimum absolute atomic E-state index is 0.292. The fraction of sp³-hybridized carbons (Fsp3) is 0.650. The van der Waals surface area contributed by atoms with Crippen molar-refractivity contribution in [2.75, 3.05) is 12.4 Å². The zero-order chi connectivity index (χ0) is 20.3. The van der Waals surface area contributed by atoms with Crippen LogP contribution in [0.25, 0.3) is 0 Å². The average molecular weight is 407 g/mol. The molecule has 2 aliphatic rings. The maximum atomic E-state index is 12.4. The molecule has 8 heteroatoms. The first-order valence-corrected chi connectivity index (χ1v) is 11.1. The number of imidazole rings is 1. The molecule has 2 amide bonds. The van der Waals surface area contributed by atoms with E-state index in [4.69, 9.17) is 9.72 Å². The molecule has 1 fully saturated rings. The molecular weight excluding hydrogens is 376 g/mol. The maximum absolute atomic E-state index is 12.4. The number of amides is 2. The Morgan fingerprint density at radius 2 is 2.00 bits per heavy atom. The molecule has 28 heavy (non-hydrogen) atoms. The number of nitrogens with zero attached hydrogens (tertiary/aromatic N) is 2. The second-order valence-electron chi connectivity index (χ2n) is 7.45. The second-order valence-corrected chi connectivity index (χ2v) is 8.39. The van der Waals surface area contributed by atoms with Gasteiger partial charge in [0.2, 0.25) is 0 Å². The number of aryl methyl sites for hydroxylation is 1. The number of esters is 1. The first kappa shape index (κ1) is 20.8. The van der Waals surface area contributed by atoms with E-state index in [0.717, 1.165) is 10.9 Å². The Morgan fingerprint density at radius 3 is 2.68 bits per heavy atom. The molecule has 1 aliphatic carbocycles. The van der Waals surface area contributed by atoms with Crippen molar-refractivity contribution in [3.05, 3.63) is 22.7 Å². The largest absolute Gasteiger partial charge is 0.463 e. The third-order valence-corrected chi connectivity index (χ3v) is 6.48. The SMILES string of the molecule is CCOC(=O)C1=C(CSc2nc(C)c(C)n2C2CCCCC2)NC(=O)NC1C. The number of hydrogen-bond donors (Lipinski definition) is 2. The predicted molar refractivity (Wildman–Crippen MR) is 109 cm³/mol. The minimum Gasteiger partial charge on any atom is -0.463 e. The summed E-state index contributed by atoms with van der Waals surface area (Å²) in [6.45, 7) is 8.04. The highest BCUT2D eigenvalue weighted by atomic mass is 32.2. The summed E-state index contributed by atoms with van der Waals surface area (Å²) in [4.78, 5) is 29.1. The van der Waals surface area contributed by atoms with Crippen molar-refractivity contribution in [3.63, 3.8) is 0 Å². The summed E-state index contributed by atoms with van der Waals surface area (Å²) >= 11 is 1.57. The average Bonchev–Trinajstić information content (AvgIpc) is 2.94. The predicted octanol–water partition coefficient (Wildman–Crippen LogP) is 3.62. The normalized spacial score (nSPS) is 20.7. The van der Waals surface area contributed by atoms with E-state index in [-0.39, 0.29) is 18.0 Å². The molecule has 1 unspecified atom stereocenters. The molecule has 1 saturated carbocycles. The lowest BCUT2D eigenvalue weighted by atomic mass is 9.95.